The number of aryl methyl sites for hydroxylation is 2. The van der Waals surface area contributed by atoms with Gasteiger partial charge in [-0.15, -0.1) is 0 Å². The fraction of sp³-hybridized carbons (Fsp3) is 0.136. The van der Waals surface area contributed by atoms with E-state index in [0.717, 1.165) is 34.2 Å². The molecule has 0 amide bonds. The molecule has 0 atom stereocenters. The van der Waals surface area contributed by atoms with Crippen molar-refractivity contribution in [2.45, 2.75) is 13.8 Å². The summed E-state index contributed by atoms with van der Waals surface area (Å²) in [5.74, 6) is 1.79. The van der Waals surface area contributed by atoms with Gasteiger partial charge in [0.05, 0.1) is 7.11 Å². The summed E-state index contributed by atoms with van der Waals surface area (Å²) in [7, 11) is 1.67. The van der Waals surface area contributed by atoms with Gasteiger partial charge in [-0.2, -0.15) is 0 Å². The molecule has 4 heteroatoms. The highest BCUT2D eigenvalue weighted by atomic mass is 16.5. The zero-order chi connectivity index (χ0) is 18.1. The van der Waals surface area contributed by atoms with Crippen molar-refractivity contribution in [3.05, 3.63) is 78.0 Å². The topological polar surface area (TPSA) is 38.6 Å². The third kappa shape index (κ3) is 3.02. The number of anilines is 2. The van der Waals surface area contributed by atoms with E-state index in [2.05, 4.69) is 66.2 Å². The van der Waals surface area contributed by atoms with Crippen molar-refractivity contribution in [1.29, 1.82) is 0 Å². The molecule has 4 rings (SSSR count). The molecule has 0 saturated carbocycles. The number of pyridine rings is 1. The van der Waals surface area contributed by atoms with Crippen molar-refractivity contribution in [3.8, 4) is 17.0 Å². The molecule has 0 radical (unpaired) electrons. The Morgan fingerprint density at radius 3 is 2.31 bits per heavy atom. The Hall–Kier alpha value is -3.27. The van der Waals surface area contributed by atoms with E-state index < -0.39 is 0 Å². The van der Waals surface area contributed by atoms with Gasteiger partial charge in [-0.1, -0.05) is 17.7 Å². The molecule has 130 valence electrons. The molecule has 0 bridgehead atoms. The summed E-state index contributed by atoms with van der Waals surface area (Å²) in [6, 6.07) is 20.5. The largest absolute Gasteiger partial charge is 0.497 e. The van der Waals surface area contributed by atoms with Crippen molar-refractivity contribution in [3.63, 3.8) is 0 Å². The molecule has 2 aromatic carbocycles. The van der Waals surface area contributed by atoms with Gasteiger partial charge in [-0.3, -0.25) is 4.40 Å². The van der Waals surface area contributed by atoms with Crippen molar-refractivity contribution in [2.24, 2.45) is 0 Å². The second-order valence-corrected chi connectivity index (χ2v) is 6.46. The van der Waals surface area contributed by atoms with Crippen LogP contribution in [0.2, 0.25) is 0 Å². The maximum Gasteiger partial charge on any atom is 0.143 e. The number of rotatable bonds is 4. The smallest absolute Gasteiger partial charge is 0.143 e. The lowest BCUT2D eigenvalue weighted by molar-refractivity contribution is 0.415. The van der Waals surface area contributed by atoms with Gasteiger partial charge < -0.3 is 10.1 Å². The molecule has 2 aromatic heterocycles. The van der Waals surface area contributed by atoms with Crippen LogP contribution in [0, 0.1) is 13.8 Å². The number of methoxy groups -OCH3 is 1. The summed E-state index contributed by atoms with van der Waals surface area (Å²) < 4.78 is 7.37. The maximum atomic E-state index is 5.28. The number of fused-ring (bicyclic) bond motifs is 1. The molecule has 0 fully saturated rings. The van der Waals surface area contributed by atoms with E-state index in [1.54, 1.807) is 7.11 Å². The van der Waals surface area contributed by atoms with Crippen LogP contribution in [0.4, 0.5) is 11.5 Å². The van der Waals surface area contributed by atoms with E-state index in [1.165, 1.54) is 11.1 Å². The van der Waals surface area contributed by atoms with E-state index in [-0.39, 0.29) is 0 Å². The van der Waals surface area contributed by atoms with Gasteiger partial charge in [0.25, 0.3) is 0 Å². The van der Waals surface area contributed by atoms with Crippen LogP contribution in [0.25, 0.3) is 16.9 Å². The van der Waals surface area contributed by atoms with Gasteiger partial charge in [0.2, 0.25) is 0 Å². The fourth-order valence-corrected chi connectivity index (χ4v) is 2.99. The average molecular weight is 343 g/mol. The Kier molecular flexibility index (Phi) is 4.09. The first-order chi connectivity index (χ1) is 12.6. The Bertz CT molecular complexity index is 1050. The monoisotopic (exact) mass is 343 g/mol. The summed E-state index contributed by atoms with van der Waals surface area (Å²) in [6.45, 7) is 4.17. The number of nitrogens with zero attached hydrogens (tertiary/aromatic N) is 2. The molecule has 0 spiro atoms. The number of hydrogen-bond donors (Lipinski definition) is 1. The number of hydrogen-bond acceptors (Lipinski definition) is 3. The third-order valence-electron chi connectivity index (χ3n) is 4.46. The first-order valence-corrected chi connectivity index (χ1v) is 8.61. The SMILES string of the molecule is COc1ccc(-c2nc3cc(C)ccn3c2Nc2ccc(C)cc2)cc1. The number of aromatic nitrogens is 2. The number of nitrogens with one attached hydrogen (secondary N) is 1. The molecular weight excluding hydrogens is 322 g/mol. The molecule has 4 aromatic rings. The highest BCUT2D eigenvalue weighted by Crippen LogP contribution is 2.32. The van der Waals surface area contributed by atoms with Crippen LogP contribution >= 0.6 is 0 Å². The summed E-state index contributed by atoms with van der Waals surface area (Å²) in [6.07, 6.45) is 2.06. The Labute approximate surface area is 153 Å². The lowest BCUT2D eigenvalue weighted by atomic mass is 10.1. The quantitative estimate of drug-likeness (QED) is 0.541. The second kappa shape index (κ2) is 6.56. The zero-order valence-electron chi connectivity index (χ0n) is 15.2. The van der Waals surface area contributed by atoms with Gasteiger partial charge in [-0.25, -0.2) is 4.98 Å². The summed E-state index contributed by atoms with van der Waals surface area (Å²) in [5, 5.41) is 3.54. The summed E-state index contributed by atoms with van der Waals surface area (Å²) in [4.78, 5) is 4.87. The summed E-state index contributed by atoms with van der Waals surface area (Å²) in [5.41, 5.74) is 6.34. The predicted octanol–water partition coefficient (Wildman–Crippen LogP) is 5.37. The van der Waals surface area contributed by atoms with Crippen LogP contribution in [0.5, 0.6) is 5.75 Å². The van der Waals surface area contributed by atoms with Gasteiger partial charge in [-0.05, 0) is 67.9 Å². The molecule has 0 aliphatic heterocycles. The normalized spacial score (nSPS) is 10.9. The molecule has 0 aliphatic rings. The fourth-order valence-electron chi connectivity index (χ4n) is 2.99. The zero-order valence-corrected chi connectivity index (χ0v) is 15.2. The van der Waals surface area contributed by atoms with Crippen molar-refractivity contribution >= 4 is 17.2 Å². The van der Waals surface area contributed by atoms with E-state index in [0.29, 0.717) is 0 Å². The second-order valence-electron chi connectivity index (χ2n) is 6.46. The molecule has 4 nitrogen and oxygen atoms in total. The Morgan fingerprint density at radius 1 is 0.885 bits per heavy atom. The van der Waals surface area contributed by atoms with Crippen LogP contribution in [0.15, 0.2) is 66.9 Å². The lowest BCUT2D eigenvalue weighted by Gasteiger charge is -2.10. The van der Waals surface area contributed by atoms with Crippen LogP contribution in [-0.2, 0) is 0 Å². The maximum absolute atomic E-state index is 5.28. The van der Waals surface area contributed by atoms with Crippen LogP contribution in [0.3, 0.4) is 0 Å². The predicted molar refractivity (Wildman–Crippen MR) is 106 cm³/mol. The van der Waals surface area contributed by atoms with E-state index in [1.807, 2.05) is 24.3 Å². The van der Waals surface area contributed by atoms with Crippen LogP contribution < -0.4 is 10.1 Å². The van der Waals surface area contributed by atoms with E-state index >= 15 is 0 Å². The van der Waals surface area contributed by atoms with Gasteiger partial charge >= 0.3 is 0 Å². The molecule has 26 heavy (non-hydrogen) atoms. The highest BCUT2D eigenvalue weighted by molar-refractivity contribution is 5.80. The molecule has 1 N–H and O–H groups in total. The number of benzene rings is 2. The molecule has 2 heterocycles. The van der Waals surface area contributed by atoms with Gasteiger partial charge in [0.15, 0.2) is 0 Å². The first-order valence-electron chi connectivity index (χ1n) is 8.61. The minimum atomic E-state index is 0.835. The van der Waals surface area contributed by atoms with Crippen molar-refractivity contribution in [2.75, 3.05) is 12.4 Å². The van der Waals surface area contributed by atoms with E-state index in [9.17, 15) is 0 Å². The number of imidazole rings is 1. The minimum absolute atomic E-state index is 0.835. The van der Waals surface area contributed by atoms with Gasteiger partial charge in [0, 0.05) is 17.4 Å². The first kappa shape index (κ1) is 16.2. The summed E-state index contributed by atoms with van der Waals surface area (Å²) >= 11 is 0. The minimum Gasteiger partial charge on any atom is -0.497 e. The molecular formula is C22H21N3O. The average Bonchev–Trinajstić information content (AvgIpc) is 3.01. The number of ether oxygens (including phenoxy) is 1. The van der Waals surface area contributed by atoms with E-state index in [4.69, 9.17) is 9.72 Å². The van der Waals surface area contributed by atoms with Crippen LogP contribution in [-0.4, -0.2) is 16.5 Å². The third-order valence-corrected chi connectivity index (χ3v) is 4.46. The molecule has 0 aliphatic carbocycles. The molecule has 0 unspecified atom stereocenters. The van der Waals surface area contributed by atoms with Crippen LogP contribution in [0.1, 0.15) is 11.1 Å². The standard InChI is InChI=1S/C22H21N3O/c1-15-4-8-18(9-5-15)23-22-21(17-6-10-19(26-3)11-7-17)24-20-14-16(2)12-13-25(20)22/h4-14,23H,1-3H3. The Balaban J connectivity index is 1.85. The van der Waals surface area contributed by atoms with Crippen molar-refractivity contribution in [1.82, 2.24) is 9.38 Å². The van der Waals surface area contributed by atoms with Crippen molar-refractivity contribution < 1.29 is 4.74 Å². The molecule has 0 saturated heterocycles. The Morgan fingerprint density at radius 2 is 1.62 bits per heavy atom. The lowest BCUT2D eigenvalue weighted by Crippen LogP contribution is -1.97. The van der Waals surface area contributed by atoms with Gasteiger partial charge in [0.1, 0.15) is 22.9 Å². The highest BCUT2D eigenvalue weighted by Gasteiger charge is 2.14.